The fourth-order valence-electron chi connectivity index (χ4n) is 2.12. The van der Waals surface area contributed by atoms with Crippen molar-refractivity contribution in [3.63, 3.8) is 0 Å². The van der Waals surface area contributed by atoms with Crippen LogP contribution in [0, 0.1) is 6.92 Å². The van der Waals surface area contributed by atoms with Crippen LogP contribution in [0.4, 0.5) is 5.69 Å². The van der Waals surface area contributed by atoms with Crippen molar-refractivity contribution in [2.24, 2.45) is 5.10 Å². The van der Waals surface area contributed by atoms with Crippen molar-refractivity contribution in [2.75, 3.05) is 11.9 Å². The Kier molecular flexibility index (Phi) is 6.37. The Labute approximate surface area is 142 Å². The second kappa shape index (κ2) is 8.72. The molecule has 0 aromatic heterocycles. The number of hydrogen-bond donors (Lipinski definition) is 2. The van der Waals surface area contributed by atoms with Crippen LogP contribution in [0.25, 0.3) is 0 Å². The maximum absolute atomic E-state index is 12.1. The fourth-order valence-corrected chi connectivity index (χ4v) is 2.12. The highest BCUT2D eigenvalue weighted by atomic mass is 16.5. The number of carbonyl (C=O) groups excluding carboxylic acids is 1. The van der Waals surface area contributed by atoms with Crippen molar-refractivity contribution in [1.82, 2.24) is 5.43 Å². The number of ether oxygens (including phenoxy) is 1. The van der Waals surface area contributed by atoms with E-state index in [1.807, 2.05) is 62.4 Å². The topological polar surface area (TPSA) is 62.7 Å². The van der Waals surface area contributed by atoms with E-state index in [0.717, 1.165) is 22.6 Å². The minimum atomic E-state index is -0.406. The van der Waals surface area contributed by atoms with Gasteiger partial charge in [0.1, 0.15) is 11.8 Å². The van der Waals surface area contributed by atoms with E-state index >= 15 is 0 Å². The third kappa shape index (κ3) is 5.12. The summed E-state index contributed by atoms with van der Waals surface area (Å²) in [4.78, 5) is 12.1. The molecule has 0 bridgehead atoms. The molecule has 2 aromatic rings. The van der Waals surface area contributed by atoms with Crippen molar-refractivity contribution in [3.8, 4) is 5.75 Å². The quantitative estimate of drug-likeness (QED) is 0.606. The predicted molar refractivity (Wildman–Crippen MR) is 97.6 cm³/mol. The van der Waals surface area contributed by atoms with E-state index in [-0.39, 0.29) is 5.91 Å². The average Bonchev–Trinajstić information content (AvgIpc) is 2.58. The first-order valence-electron chi connectivity index (χ1n) is 7.98. The molecule has 0 saturated carbocycles. The van der Waals surface area contributed by atoms with Gasteiger partial charge in [-0.05, 0) is 56.2 Å². The molecule has 5 heteroatoms. The van der Waals surface area contributed by atoms with E-state index < -0.39 is 6.04 Å². The second-order valence-electron chi connectivity index (χ2n) is 5.41. The normalized spacial score (nSPS) is 12.0. The zero-order valence-corrected chi connectivity index (χ0v) is 14.2. The molecule has 0 saturated heterocycles. The minimum Gasteiger partial charge on any atom is -0.494 e. The van der Waals surface area contributed by atoms with Crippen LogP contribution in [-0.4, -0.2) is 24.8 Å². The molecule has 2 N–H and O–H groups in total. The van der Waals surface area contributed by atoms with Gasteiger partial charge in [0, 0.05) is 5.69 Å². The number of hydrazone groups is 1. The molecule has 24 heavy (non-hydrogen) atoms. The molecule has 0 aliphatic carbocycles. The van der Waals surface area contributed by atoms with Crippen LogP contribution < -0.4 is 15.5 Å². The van der Waals surface area contributed by atoms with Crippen LogP contribution in [0.5, 0.6) is 5.75 Å². The lowest BCUT2D eigenvalue weighted by molar-refractivity contribution is -0.121. The van der Waals surface area contributed by atoms with Gasteiger partial charge in [0.15, 0.2) is 0 Å². The summed E-state index contributed by atoms with van der Waals surface area (Å²) in [6, 6.07) is 14.9. The minimum absolute atomic E-state index is 0.200. The summed E-state index contributed by atoms with van der Waals surface area (Å²) in [5.41, 5.74) is 5.49. The second-order valence-corrected chi connectivity index (χ2v) is 5.41. The van der Waals surface area contributed by atoms with E-state index in [4.69, 9.17) is 4.74 Å². The van der Waals surface area contributed by atoms with Gasteiger partial charge in [-0.3, -0.25) is 4.79 Å². The molecule has 1 atom stereocenters. The van der Waals surface area contributed by atoms with Crippen LogP contribution >= 0.6 is 0 Å². The Morgan fingerprint density at radius 2 is 1.92 bits per heavy atom. The molecule has 1 amide bonds. The molecule has 5 nitrogen and oxygen atoms in total. The van der Waals surface area contributed by atoms with E-state index in [0.29, 0.717) is 6.61 Å². The van der Waals surface area contributed by atoms with Gasteiger partial charge in [-0.15, -0.1) is 0 Å². The summed E-state index contributed by atoms with van der Waals surface area (Å²) in [6.07, 6.45) is 1.65. The van der Waals surface area contributed by atoms with Gasteiger partial charge in [-0.1, -0.05) is 24.3 Å². The van der Waals surface area contributed by atoms with E-state index in [9.17, 15) is 4.79 Å². The molecule has 0 aliphatic rings. The number of aryl methyl sites for hydroxylation is 1. The van der Waals surface area contributed by atoms with Gasteiger partial charge in [0.05, 0.1) is 12.8 Å². The zero-order chi connectivity index (χ0) is 17.4. The summed E-state index contributed by atoms with van der Waals surface area (Å²) in [7, 11) is 0. The number of carbonyl (C=O) groups is 1. The van der Waals surface area contributed by atoms with Gasteiger partial charge < -0.3 is 10.1 Å². The van der Waals surface area contributed by atoms with Gasteiger partial charge in [-0.25, -0.2) is 5.43 Å². The predicted octanol–water partition coefficient (Wildman–Crippen LogP) is 3.34. The molecule has 2 aromatic carbocycles. The number of nitrogens with zero attached hydrogens (tertiary/aromatic N) is 1. The molecule has 126 valence electrons. The molecule has 0 heterocycles. The molecule has 1 unspecified atom stereocenters. The Hall–Kier alpha value is -2.82. The van der Waals surface area contributed by atoms with E-state index in [1.54, 1.807) is 13.1 Å². The molecule has 0 fully saturated rings. The largest absolute Gasteiger partial charge is 0.494 e. The van der Waals surface area contributed by atoms with E-state index in [1.165, 1.54) is 0 Å². The monoisotopic (exact) mass is 325 g/mol. The van der Waals surface area contributed by atoms with Gasteiger partial charge in [0.25, 0.3) is 5.91 Å². The van der Waals surface area contributed by atoms with Crippen LogP contribution in [-0.2, 0) is 4.79 Å². The molecule has 2 rings (SSSR count). The highest BCUT2D eigenvalue weighted by molar-refractivity contribution is 5.87. The number of benzene rings is 2. The number of nitrogens with one attached hydrogen (secondary N) is 2. The number of rotatable bonds is 7. The average molecular weight is 325 g/mol. The first-order chi connectivity index (χ1) is 11.6. The van der Waals surface area contributed by atoms with Gasteiger partial charge >= 0.3 is 0 Å². The number of anilines is 1. The molecule has 0 radical (unpaired) electrons. The first-order valence-corrected chi connectivity index (χ1v) is 7.98. The van der Waals surface area contributed by atoms with Gasteiger partial charge in [0.2, 0.25) is 0 Å². The Balaban J connectivity index is 1.86. The Morgan fingerprint density at radius 3 is 2.58 bits per heavy atom. The van der Waals surface area contributed by atoms with Crippen molar-refractivity contribution >= 4 is 17.8 Å². The lowest BCUT2D eigenvalue weighted by Crippen LogP contribution is -2.34. The summed E-state index contributed by atoms with van der Waals surface area (Å²) in [5.74, 6) is 0.608. The van der Waals surface area contributed by atoms with Crippen molar-refractivity contribution < 1.29 is 9.53 Å². The number of amides is 1. The summed E-state index contributed by atoms with van der Waals surface area (Å²) in [6.45, 7) is 6.36. The van der Waals surface area contributed by atoms with Crippen molar-refractivity contribution in [3.05, 3.63) is 59.7 Å². The zero-order valence-electron chi connectivity index (χ0n) is 14.2. The molecular weight excluding hydrogens is 302 g/mol. The molecule has 0 spiro atoms. The highest BCUT2D eigenvalue weighted by Gasteiger charge is 2.11. The summed E-state index contributed by atoms with van der Waals surface area (Å²) >= 11 is 0. The summed E-state index contributed by atoms with van der Waals surface area (Å²) in [5, 5.41) is 7.15. The van der Waals surface area contributed by atoms with E-state index in [2.05, 4.69) is 15.8 Å². The maximum atomic E-state index is 12.1. The fraction of sp³-hybridized carbons (Fsp3) is 0.263. The first kappa shape index (κ1) is 17.5. The van der Waals surface area contributed by atoms with Gasteiger partial charge in [-0.2, -0.15) is 5.10 Å². The van der Waals surface area contributed by atoms with Crippen molar-refractivity contribution in [1.29, 1.82) is 0 Å². The SMILES string of the molecule is CCOc1ccc(NC(C)C(=O)N/N=C/c2ccccc2C)cc1. The third-order valence-corrected chi connectivity index (χ3v) is 3.51. The highest BCUT2D eigenvalue weighted by Crippen LogP contribution is 2.16. The number of hydrogen-bond acceptors (Lipinski definition) is 4. The van der Waals surface area contributed by atoms with Crippen LogP contribution in [0.2, 0.25) is 0 Å². The smallest absolute Gasteiger partial charge is 0.262 e. The van der Waals surface area contributed by atoms with Crippen LogP contribution in [0.1, 0.15) is 25.0 Å². The van der Waals surface area contributed by atoms with Crippen molar-refractivity contribution in [2.45, 2.75) is 26.8 Å². The summed E-state index contributed by atoms with van der Waals surface area (Å²) < 4.78 is 5.39. The maximum Gasteiger partial charge on any atom is 0.262 e. The van der Waals surface area contributed by atoms with Crippen LogP contribution in [0.3, 0.4) is 0 Å². The Bertz CT molecular complexity index is 696. The lowest BCUT2D eigenvalue weighted by atomic mass is 10.1. The Morgan fingerprint density at radius 1 is 1.21 bits per heavy atom. The standard InChI is InChI=1S/C19H23N3O2/c1-4-24-18-11-9-17(10-12-18)21-15(3)19(23)22-20-13-16-8-6-5-7-14(16)2/h5-13,15,21H,4H2,1-3H3,(H,22,23)/b20-13+. The van der Waals surface area contributed by atoms with Crippen LogP contribution in [0.15, 0.2) is 53.6 Å². The molecule has 0 aliphatic heterocycles. The third-order valence-electron chi connectivity index (χ3n) is 3.51. The molecular formula is C19H23N3O2. The lowest BCUT2D eigenvalue weighted by Gasteiger charge is -2.14.